The molecule has 2 heterocycles. The summed E-state index contributed by atoms with van der Waals surface area (Å²) in [5, 5.41) is 4.17. The van der Waals surface area contributed by atoms with Gasteiger partial charge in [0, 0.05) is 50.0 Å². The predicted octanol–water partition coefficient (Wildman–Crippen LogP) is 22.2. The van der Waals surface area contributed by atoms with Crippen molar-refractivity contribution in [3.8, 4) is 11.1 Å². The number of rotatable bonds is 6. The number of benzene rings is 9. The Balaban J connectivity index is 1.22. The molecule has 9 aromatic carbocycles. The lowest BCUT2D eigenvalue weighted by molar-refractivity contribution is 0.590. The Morgan fingerprint density at radius 3 is 1.29 bits per heavy atom. The van der Waals surface area contributed by atoms with Gasteiger partial charge in [-0.3, -0.25) is 0 Å². The van der Waals surface area contributed by atoms with Crippen molar-refractivity contribution in [3.05, 3.63) is 263 Å². The van der Waals surface area contributed by atoms with E-state index in [1.807, 2.05) is 0 Å². The summed E-state index contributed by atoms with van der Waals surface area (Å²) in [4.78, 5) is 4.90. The highest BCUT2D eigenvalue weighted by molar-refractivity contribution is 6.26. The van der Waals surface area contributed by atoms with E-state index in [9.17, 15) is 0 Å². The zero-order valence-corrected chi connectivity index (χ0v) is 49.8. The van der Waals surface area contributed by atoms with Crippen LogP contribution in [-0.2, 0) is 33.5 Å². The molecule has 1 atom stereocenters. The van der Waals surface area contributed by atoms with Crippen molar-refractivity contribution in [1.82, 2.24) is 0 Å². The van der Waals surface area contributed by atoms with Gasteiger partial charge in [0.1, 0.15) is 16.7 Å². The standard InChI is InChI=1S/C78H74N2O2/c1-49-23-15-14-16-24-50-25-17-20-28-61(50)78(49)62-48-65(80(57-43-35-53(36-44-57)76(8,9)10)58-45-37-54(38-46-58)77(11,12)13)72-69(60-27-19-22-30-67(60)81-72)70(62)71-63(78)47-64(68-59-26-18-21-29-66(59)82-73(68)71)79(55-39-31-51(32-40-55)74(2,3)4)56-41-33-52(34-42-56)75(5,6)7/h14-23,25-48H,1,24H2,2-13H3/b16-14-,23-15-. The van der Waals surface area contributed by atoms with E-state index < -0.39 is 5.41 Å². The summed E-state index contributed by atoms with van der Waals surface area (Å²) in [6.45, 7) is 32.6. The number of nitrogens with zero attached hydrogens (tertiary/aromatic N) is 2. The Labute approximate surface area is 484 Å². The minimum Gasteiger partial charge on any atom is -0.455 e. The molecule has 0 radical (unpaired) electrons. The summed E-state index contributed by atoms with van der Waals surface area (Å²) in [5.74, 6) is 0. The van der Waals surface area contributed by atoms with Crippen LogP contribution < -0.4 is 9.80 Å². The normalized spacial score (nSPS) is 16.3. The molecule has 1 unspecified atom stereocenters. The lowest BCUT2D eigenvalue weighted by Crippen LogP contribution is -2.30. The van der Waals surface area contributed by atoms with Crippen LogP contribution in [0, 0.1) is 0 Å². The fraction of sp³-hybridized carbons (Fsp3) is 0.231. The molecular weight excluding hydrogens is 997 g/mol. The summed E-state index contributed by atoms with van der Waals surface area (Å²) in [5.41, 5.74) is 21.1. The van der Waals surface area contributed by atoms with Gasteiger partial charge in [-0.1, -0.05) is 223 Å². The number of hydrogen-bond donors (Lipinski definition) is 0. The van der Waals surface area contributed by atoms with Crippen LogP contribution in [0.4, 0.5) is 34.1 Å². The van der Waals surface area contributed by atoms with Crippen LogP contribution in [0.1, 0.15) is 128 Å². The van der Waals surface area contributed by atoms with Gasteiger partial charge in [-0.15, -0.1) is 0 Å². The van der Waals surface area contributed by atoms with Gasteiger partial charge in [-0.25, -0.2) is 0 Å². The smallest absolute Gasteiger partial charge is 0.160 e. The molecule has 0 amide bonds. The lowest BCUT2D eigenvalue weighted by Gasteiger charge is -2.37. The number of furan rings is 2. The van der Waals surface area contributed by atoms with E-state index in [0.29, 0.717) is 0 Å². The highest BCUT2D eigenvalue weighted by Crippen LogP contribution is 2.65. The van der Waals surface area contributed by atoms with Crippen molar-refractivity contribution >= 4 is 78.0 Å². The number of hydrogen-bond acceptors (Lipinski definition) is 4. The van der Waals surface area contributed by atoms with Crippen LogP contribution in [0.5, 0.6) is 0 Å². The fourth-order valence-corrected chi connectivity index (χ4v) is 13.1. The number of anilines is 6. The van der Waals surface area contributed by atoms with Crippen molar-refractivity contribution < 1.29 is 8.83 Å². The molecule has 0 aliphatic heterocycles. The number of para-hydroxylation sites is 2. The van der Waals surface area contributed by atoms with Crippen molar-refractivity contribution in [2.75, 3.05) is 9.80 Å². The highest BCUT2D eigenvalue weighted by atomic mass is 16.3. The maximum Gasteiger partial charge on any atom is 0.160 e. The zero-order valence-electron chi connectivity index (χ0n) is 49.8. The Kier molecular flexibility index (Phi) is 12.2. The fourth-order valence-electron chi connectivity index (χ4n) is 13.1. The molecule has 82 heavy (non-hydrogen) atoms. The highest BCUT2D eigenvalue weighted by Gasteiger charge is 2.51. The largest absolute Gasteiger partial charge is 0.455 e. The molecule has 0 fully saturated rings. The van der Waals surface area contributed by atoms with Crippen LogP contribution in [0.15, 0.2) is 227 Å². The quantitative estimate of drug-likeness (QED) is 0.166. The molecule has 1 spiro atoms. The van der Waals surface area contributed by atoms with Gasteiger partial charge in [0.15, 0.2) is 5.58 Å². The van der Waals surface area contributed by atoms with Gasteiger partial charge in [-0.2, -0.15) is 0 Å². The van der Waals surface area contributed by atoms with Crippen molar-refractivity contribution in [2.24, 2.45) is 0 Å². The molecule has 0 bridgehead atoms. The van der Waals surface area contributed by atoms with E-state index in [0.717, 1.165) is 112 Å². The third kappa shape index (κ3) is 8.47. The third-order valence-corrected chi connectivity index (χ3v) is 17.5. The van der Waals surface area contributed by atoms with Gasteiger partial charge < -0.3 is 18.6 Å². The van der Waals surface area contributed by atoms with Crippen LogP contribution in [0.2, 0.25) is 0 Å². The molecule has 4 heteroatoms. The first-order valence-corrected chi connectivity index (χ1v) is 29.2. The summed E-state index contributed by atoms with van der Waals surface area (Å²) in [6, 6.07) is 67.9. The molecule has 4 nitrogen and oxygen atoms in total. The van der Waals surface area contributed by atoms with Crippen LogP contribution >= 0.6 is 0 Å². The Morgan fingerprint density at radius 2 is 0.805 bits per heavy atom. The van der Waals surface area contributed by atoms with E-state index in [4.69, 9.17) is 15.4 Å². The molecule has 0 saturated heterocycles. The molecule has 0 saturated carbocycles. The molecule has 2 aliphatic rings. The second-order valence-electron chi connectivity index (χ2n) is 27.0. The molecule has 408 valence electrons. The average molecular weight is 1070 g/mol. The van der Waals surface area contributed by atoms with E-state index in [2.05, 4.69) is 299 Å². The second kappa shape index (κ2) is 19.0. The lowest BCUT2D eigenvalue weighted by atomic mass is 9.65. The summed E-state index contributed by atoms with van der Waals surface area (Å²) >= 11 is 0. The van der Waals surface area contributed by atoms with Crippen molar-refractivity contribution in [2.45, 2.75) is 117 Å². The second-order valence-corrected chi connectivity index (χ2v) is 27.0. The van der Waals surface area contributed by atoms with E-state index in [1.165, 1.54) is 33.4 Å². The molecule has 2 aromatic heterocycles. The summed E-state index contributed by atoms with van der Waals surface area (Å²) in [7, 11) is 0. The first-order valence-electron chi connectivity index (χ1n) is 29.2. The van der Waals surface area contributed by atoms with Gasteiger partial charge >= 0.3 is 0 Å². The molecule has 13 rings (SSSR count). The van der Waals surface area contributed by atoms with Gasteiger partial charge in [0.25, 0.3) is 0 Å². The van der Waals surface area contributed by atoms with E-state index in [-0.39, 0.29) is 21.7 Å². The molecular formula is C78H74N2O2. The van der Waals surface area contributed by atoms with Crippen molar-refractivity contribution in [3.63, 3.8) is 0 Å². The summed E-state index contributed by atoms with van der Waals surface area (Å²) in [6.07, 6.45) is 9.63. The Morgan fingerprint density at radius 1 is 0.402 bits per heavy atom. The van der Waals surface area contributed by atoms with Crippen LogP contribution in [0.3, 0.4) is 0 Å². The maximum absolute atomic E-state index is 7.58. The van der Waals surface area contributed by atoms with E-state index in [1.54, 1.807) is 0 Å². The SMILES string of the molecule is C=C1/C=C\C=C/Cc2ccccc2C12c1cc(N(c3ccc(C(C)(C)C)cc3)c3ccc(C(C)(C)C)cc3)c3c(oc4ccccc43)c1-c1c2cc(N(c2ccc(C(C)(C)C)cc2)c2ccc(C(C)(C)C)cc2)c2oc3ccccc3c12. The first kappa shape index (κ1) is 52.8. The minimum absolute atomic E-state index is 0.0344. The average Bonchev–Trinajstić information content (AvgIpc) is 1.62. The minimum atomic E-state index is -0.956. The molecule has 0 N–H and O–H groups in total. The first-order chi connectivity index (χ1) is 39.1. The monoisotopic (exact) mass is 1070 g/mol. The molecule has 11 aromatic rings. The van der Waals surface area contributed by atoms with Gasteiger partial charge in [-0.05, 0) is 151 Å². The number of allylic oxidation sites excluding steroid dienone is 5. The van der Waals surface area contributed by atoms with E-state index >= 15 is 0 Å². The topological polar surface area (TPSA) is 32.8 Å². The van der Waals surface area contributed by atoms with Crippen LogP contribution in [0.25, 0.3) is 55.0 Å². The summed E-state index contributed by atoms with van der Waals surface area (Å²) < 4.78 is 15.0. The van der Waals surface area contributed by atoms with Crippen molar-refractivity contribution in [1.29, 1.82) is 0 Å². The Hall–Kier alpha value is -8.60. The van der Waals surface area contributed by atoms with Crippen LogP contribution in [-0.4, -0.2) is 0 Å². The third-order valence-electron chi connectivity index (χ3n) is 17.5. The number of fused-ring (bicyclic) bond motifs is 15. The Bertz CT molecular complexity index is 4270. The van der Waals surface area contributed by atoms with Gasteiger partial charge in [0.2, 0.25) is 0 Å². The zero-order chi connectivity index (χ0) is 57.3. The van der Waals surface area contributed by atoms with Gasteiger partial charge in [0.05, 0.1) is 22.2 Å². The molecule has 2 aliphatic carbocycles. The maximum atomic E-state index is 7.58. The predicted molar refractivity (Wildman–Crippen MR) is 348 cm³/mol.